The molecule has 1 aromatic rings. The van der Waals surface area contributed by atoms with Crippen LogP contribution in [0.3, 0.4) is 0 Å². The lowest BCUT2D eigenvalue weighted by Gasteiger charge is -2.26. The van der Waals surface area contributed by atoms with Gasteiger partial charge in [0.15, 0.2) is 9.84 Å². The van der Waals surface area contributed by atoms with Gasteiger partial charge in [0.25, 0.3) is 0 Å². The fourth-order valence-corrected chi connectivity index (χ4v) is 4.53. The third kappa shape index (κ3) is 3.48. The summed E-state index contributed by atoms with van der Waals surface area (Å²) < 4.78 is 45.5. The molecule has 0 spiro atoms. The highest BCUT2D eigenvalue weighted by atomic mass is 32.2. The molecular weight excluding hydrogens is 372 g/mol. The highest BCUT2D eigenvalue weighted by Crippen LogP contribution is 2.34. The van der Waals surface area contributed by atoms with E-state index in [1.54, 1.807) is 6.07 Å². The summed E-state index contributed by atoms with van der Waals surface area (Å²) in [7, 11) is -3.91. The molecule has 2 atom stereocenters. The average Bonchev–Trinajstić information content (AvgIpc) is 2.70. The Balaban J connectivity index is 2.48. The second-order valence-electron chi connectivity index (χ2n) is 5.85. The largest absolute Gasteiger partial charge is 0.768 e. The SMILES string of the molecule is CC1(C)[C@H](C(=O)O)N(C(=O)/C=C(/c2ccccn2)S(=O)[O-])CS1(=O)=O. The smallest absolute Gasteiger partial charge is 0.328 e. The fraction of sp³-hybridized carbons (Fsp3) is 0.357. The number of aromatic nitrogens is 1. The van der Waals surface area contributed by atoms with Crippen LogP contribution in [0.2, 0.25) is 0 Å². The molecule has 2 heterocycles. The van der Waals surface area contributed by atoms with E-state index in [4.69, 9.17) is 0 Å². The van der Waals surface area contributed by atoms with Gasteiger partial charge in [0, 0.05) is 12.3 Å². The Kier molecular flexibility index (Phi) is 5.11. The summed E-state index contributed by atoms with van der Waals surface area (Å²) >= 11 is -2.83. The van der Waals surface area contributed by atoms with Crippen molar-refractivity contribution in [2.45, 2.75) is 24.6 Å². The number of pyridine rings is 1. The van der Waals surface area contributed by atoms with Crippen LogP contribution in [-0.4, -0.2) is 60.7 Å². The van der Waals surface area contributed by atoms with Crippen molar-refractivity contribution in [2.75, 3.05) is 5.88 Å². The molecule has 136 valence electrons. The maximum absolute atomic E-state index is 12.4. The van der Waals surface area contributed by atoms with E-state index in [1.165, 1.54) is 32.2 Å². The summed E-state index contributed by atoms with van der Waals surface area (Å²) in [4.78, 5) is 27.9. The maximum atomic E-state index is 12.4. The quantitative estimate of drug-likeness (QED) is 0.550. The van der Waals surface area contributed by atoms with Gasteiger partial charge in [0.1, 0.15) is 11.9 Å². The number of rotatable bonds is 4. The number of aliphatic carboxylic acids is 1. The third-order valence-corrected chi connectivity index (χ3v) is 7.08. The zero-order valence-electron chi connectivity index (χ0n) is 13.3. The van der Waals surface area contributed by atoms with Crippen molar-refractivity contribution in [3.63, 3.8) is 0 Å². The predicted octanol–water partition coefficient (Wildman–Crippen LogP) is -0.252. The molecule has 0 saturated carbocycles. The van der Waals surface area contributed by atoms with Crippen LogP contribution in [0.4, 0.5) is 0 Å². The fourth-order valence-electron chi connectivity index (χ4n) is 2.50. The number of nitrogens with zero attached hydrogens (tertiary/aromatic N) is 2. The van der Waals surface area contributed by atoms with Crippen LogP contribution in [0.1, 0.15) is 19.5 Å². The summed E-state index contributed by atoms with van der Waals surface area (Å²) in [6.45, 7) is 2.42. The van der Waals surface area contributed by atoms with Crippen LogP contribution in [0.15, 0.2) is 30.5 Å². The normalized spacial score (nSPS) is 23.2. The molecule has 1 aliphatic heterocycles. The van der Waals surface area contributed by atoms with Crippen LogP contribution in [0.25, 0.3) is 4.91 Å². The molecule has 1 N–H and O–H groups in total. The molecule has 1 unspecified atom stereocenters. The predicted molar refractivity (Wildman–Crippen MR) is 87.3 cm³/mol. The number of amides is 1. The lowest BCUT2D eigenvalue weighted by Crippen LogP contribution is -2.49. The standard InChI is InChI=1S/C14H16N2O7S2/c1-14(2)12(13(18)19)16(8-25(14,22)23)11(17)7-10(24(20)21)9-5-3-4-6-15-9/h3-7,12H,8H2,1-2H3,(H,18,19)(H,20,21)/p-1/b10-7-/t12-/m0/s1. The summed E-state index contributed by atoms with van der Waals surface area (Å²) in [5.41, 5.74) is -0.0163. The number of sulfone groups is 1. The second-order valence-corrected chi connectivity index (χ2v) is 9.30. The molecule has 11 heteroatoms. The minimum Gasteiger partial charge on any atom is -0.768 e. The number of carbonyl (C=O) groups excluding carboxylic acids is 1. The molecule has 1 aromatic heterocycles. The zero-order chi connectivity index (χ0) is 19.0. The van der Waals surface area contributed by atoms with Crippen molar-refractivity contribution in [3.8, 4) is 0 Å². The molecule has 2 rings (SSSR count). The number of carboxylic acids is 1. The minimum absolute atomic E-state index is 0.0163. The summed E-state index contributed by atoms with van der Waals surface area (Å²) in [6.07, 6.45) is 2.00. The number of carbonyl (C=O) groups is 2. The van der Waals surface area contributed by atoms with E-state index in [1.807, 2.05) is 0 Å². The van der Waals surface area contributed by atoms with Crippen LogP contribution in [0.5, 0.6) is 0 Å². The van der Waals surface area contributed by atoms with Crippen molar-refractivity contribution < 1.29 is 31.9 Å². The van der Waals surface area contributed by atoms with E-state index >= 15 is 0 Å². The average molecular weight is 387 g/mol. The van der Waals surface area contributed by atoms with Gasteiger partial charge in [0.2, 0.25) is 5.91 Å². The molecule has 1 fully saturated rings. The first-order valence-electron chi connectivity index (χ1n) is 6.97. The number of hydrogen-bond donors (Lipinski definition) is 1. The maximum Gasteiger partial charge on any atom is 0.328 e. The molecule has 1 saturated heterocycles. The van der Waals surface area contributed by atoms with Gasteiger partial charge in [0.05, 0.1) is 15.3 Å². The lowest BCUT2D eigenvalue weighted by atomic mass is 10.0. The van der Waals surface area contributed by atoms with E-state index in [-0.39, 0.29) is 5.69 Å². The van der Waals surface area contributed by atoms with Gasteiger partial charge < -0.3 is 14.6 Å². The Morgan fingerprint density at radius 3 is 2.56 bits per heavy atom. The van der Waals surface area contributed by atoms with Gasteiger partial charge >= 0.3 is 5.97 Å². The van der Waals surface area contributed by atoms with Crippen molar-refractivity contribution in [1.82, 2.24) is 9.88 Å². The van der Waals surface area contributed by atoms with E-state index in [2.05, 4.69) is 4.98 Å². The molecule has 25 heavy (non-hydrogen) atoms. The molecule has 1 amide bonds. The van der Waals surface area contributed by atoms with E-state index < -0.39 is 54.4 Å². The van der Waals surface area contributed by atoms with Crippen LogP contribution in [0, 0.1) is 0 Å². The Bertz CT molecular complexity index is 862. The van der Waals surface area contributed by atoms with E-state index in [9.17, 15) is 31.9 Å². The number of hydrogen-bond acceptors (Lipinski definition) is 7. The Morgan fingerprint density at radius 2 is 2.08 bits per heavy atom. The highest BCUT2D eigenvalue weighted by Gasteiger charge is 2.57. The van der Waals surface area contributed by atoms with Gasteiger partial charge in [-0.25, -0.2) is 13.2 Å². The molecule has 0 aromatic carbocycles. The Labute approximate surface area is 146 Å². The number of carboxylic acid groups (broad SMARTS) is 1. The zero-order valence-corrected chi connectivity index (χ0v) is 14.9. The summed E-state index contributed by atoms with van der Waals surface area (Å²) in [6, 6.07) is 2.78. The van der Waals surface area contributed by atoms with Gasteiger partial charge in [-0.05, 0) is 37.1 Å². The summed E-state index contributed by atoms with van der Waals surface area (Å²) in [5.74, 6) is -3.34. The van der Waals surface area contributed by atoms with Crippen molar-refractivity contribution >= 4 is 37.7 Å². The Hall–Kier alpha value is -2.11. The third-order valence-electron chi connectivity index (χ3n) is 3.95. The van der Waals surface area contributed by atoms with Gasteiger partial charge in [-0.3, -0.25) is 14.0 Å². The molecule has 1 aliphatic rings. The van der Waals surface area contributed by atoms with E-state index in [0.29, 0.717) is 11.0 Å². The topological polar surface area (TPSA) is 145 Å². The second kappa shape index (κ2) is 6.65. The Morgan fingerprint density at radius 1 is 1.44 bits per heavy atom. The van der Waals surface area contributed by atoms with Gasteiger partial charge in [-0.15, -0.1) is 0 Å². The van der Waals surface area contributed by atoms with Crippen LogP contribution >= 0.6 is 0 Å². The van der Waals surface area contributed by atoms with Crippen molar-refractivity contribution in [3.05, 3.63) is 36.2 Å². The van der Waals surface area contributed by atoms with Crippen molar-refractivity contribution in [2.24, 2.45) is 0 Å². The van der Waals surface area contributed by atoms with E-state index in [0.717, 1.165) is 0 Å². The first-order chi connectivity index (χ1) is 11.5. The van der Waals surface area contributed by atoms with Crippen LogP contribution < -0.4 is 0 Å². The highest BCUT2D eigenvalue weighted by molar-refractivity contribution is 7.93. The monoisotopic (exact) mass is 387 g/mol. The molecule has 9 nitrogen and oxygen atoms in total. The first-order valence-corrected chi connectivity index (χ1v) is 9.70. The van der Waals surface area contributed by atoms with Gasteiger partial charge in [-0.1, -0.05) is 6.07 Å². The van der Waals surface area contributed by atoms with Gasteiger partial charge in [-0.2, -0.15) is 0 Å². The summed E-state index contributed by atoms with van der Waals surface area (Å²) in [5, 5.41) is 9.35. The molecule has 0 radical (unpaired) electrons. The lowest BCUT2D eigenvalue weighted by molar-refractivity contribution is -0.148. The van der Waals surface area contributed by atoms with Crippen molar-refractivity contribution in [1.29, 1.82) is 0 Å². The molecular formula is C14H15N2O7S2-. The van der Waals surface area contributed by atoms with Crippen LogP contribution in [-0.2, 0) is 30.5 Å². The molecule has 0 bridgehead atoms. The molecule has 0 aliphatic carbocycles. The minimum atomic E-state index is -3.91. The first kappa shape index (κ1) is 19.2.